The van der Waals surface area contributed by atoms with Gasteiger partial charge in [0.2, 0.25) is 0 Å². The molecule has 0 radical (unpaired) electrons. The second-order valence-electron chi connectivity index (χ2n) is 3.58. The zero-order valence-corrected chi connectivity index (χ0v) is 8.43. The summed E-state index contributed by atoms with van der Waals surface area (Å²) < 4.78 is 5.21. The first kappa shape index (κ1) is 10.0. The zero-order chi connectivity index (χ0) is 10.7. The van der Waals surface area contributed by atoms with E-state index in [4.69, 9.17) is 4.74 Å². The molecule has 15 heavy (non-hydrogen) atoms. The first-order chi connectivity index (χ1) is 7.29. The fourth-order valence-electron chi connectivity index (χ4n) is 1.79. The average Bonchev–Trinajstić information content (AvgIpc) is 2.87. The Balaban J connectivity index is 1.86. The van der Waals surface area contributed by atoms with E-state index in [9.17, 15) is 4.79 Å². The van der Waals surface area contributed by atoms with E-state index in [0.717, 1.165) is 19.3 Å². The number of carbonyl (C=O) groups excluding carboxylic acids is 1. The Morgan fingerprint density at radius 1 is 1.60 bits per heavy atom. The highest BCUT2D eigenvalue weighted by molar-refractivity contribution is 5.90. The molecule has 1 saturated carbocycles. The number of hydrogen-bond donors (Lipinski definition) is 2. The van der Waals surface area contributed by atoms with Gasteiger partial charge in [-0.25, -0.2) is 0 Å². The van der Waals surface area contributed by atoms with Gasteiger partial charge in [-0.3, -0.25) is 4.79 Å². The number of nitrogens with zero attached hydrogens (tertiary/aromatic N) is 3. The summed E-state index contributed by atoms with van der Waals surface area (Å²) in [6.45, 7) is 0. The standard InChI is InChI=1S/C8H13N5O2/c1-15-6-3-2-5(4-6)9-8(14)7-10-12-13-11-7/h5-6H,2-4H2,1H3,(H,9,14)(H,10,11,12,13). The second-order valence-corrected chi connectivity index (χ2v) is 3.58. The maximum Gasteiger partial charge on any atom is 0.293 e. The topological polar surface area (TPSA) is 92.8 Å². The van der Waals surface area contributed by atoms with Crippen LogP contribution in [0.4, 0.5) is 0 Å². The van der Waals surface area contributed by atoms with E-state index in [1.165, 1.54) is 0 Å². The molecule has 0 aliphatic heterocycles. The van der Waals surface area contributed by atoms with Gasteiger partial charge in [-0.15, -0.1) is 10.2 Å². The number of aromatic nitrogens is 4. The Labute approximate surface area is 86.6 Å². The molecule has 2 rings (SSSR count). The lowest BCUT2D eigenvalue weighted by Gasteiger charge is -2.10. The summed E-state index contributed by atoms with van der Waals surface area (Å²) in [7, 11) is 1.69. The molecule has 0 spiro atoms. The largest absolute Gasteiger partial charge is 0.381 e. The minimum atomic E-state index is -0.287. The first-order valence-electron chi connectivity index (χ1n) is 4.86. The lowest BCUT2D eigenvalue weighted by molar-refractivity contribution is 0.0905. The van der Waals surface area contributed by atoms with Crippen LogP contribution in [0, 0.1) is 0 Å². The van der Waals surface area contributed by atoms with E-state index in [-0.39, 0.29) is 23.9 Å². The Bertz CT molecular complexity index is 326. The van der Waals surface area contributed by atoms with Crippen molar-refractivity contribution in [2.75, 3.05) is 7.11 Å². The fourth-order valence-corrected chi connectivity index (χ4v) is 1.79. The van der Waals surface area contributed by atoms with Crippen molar-refractivity contribution in [3.63, 3.8) is 0 Å². The summed E-state index contributed by atoms with van der Waals surface area (Å²) in [5, 5.41) is 15.6. The predicted molar refractivity (Wildman–Crippen MR) is 50.1 cm³/mol. The molecule has 7 heteroatoms. The molecule has 0 bridgehead atoms. The van der Waals surface area contributed by atoms with Crippen LogP contribution in [0.1, 0.15) is 29.9 Å². The number of rotatable bonds is 3. The number of methoxy groups -OCH3 is 1. The number of tetrazole rings is 1. The van der Waals surface area contributed by atoms with Crippen LogP contribution in [0.15, 0.2) is 0 Å². The third-order valence-corrected chi connectivity index (χ3v) is 2.60. The van der Waals surface area contributed by atoms with Crippen molar-refractivity contribution in [3.05, 3.63) is 5.82 Å². The number of carbonyl (C=O) groups is 1. The van der Waals surface area contributed by atoms with Gasteiger partial charge >= 0.3 is 0 Å². The molecule has 1 aromatic rings. The van der Waals surface area contributed by atoms with E-state index in [1.54, 1.807) is 7.11 Å². The van der Waals surface area contributed by atoms with Crippen LogP contribution in [0.3, 0.4) is 0 Å². The van der Waals surface area contributed by atoms with Crippen molar-refractivity contribution in [1.82, 2.24) is 25.9 Å². The van der Waals surface area contributed by atoms with Crippen molar-refractivity contribution in [3.8, 4) is 0 Å². The molecule has 1 aliphatic rings. The Hall–Kier alpha value is -1.50. The minimum Gasteiger partial charge on any atom is -0.381 e. The van der Waals surface area contributed by atoms with Crippen molar-refractivity contribution >= 4 is 5.91 Å². The summed E-state index contributed by atoms with van der Waals surface area (Å²) in [6.07, 6.45) is 3.01. The van der Waals surface area contributed by atoms with Crippen LogP contribution in [-0.2, 0) is 4.74 Å². The minimum absolute atomic E-state index is 0.0795. The molecule has 82 valence electrons. The van der Waals surface area contributed by atoms with Gasteiger partial charge in [-0.1, -0.05) is 0 Å². The number of hydrogen-bond acceptors (Lipinski definition) is 5. The Morgan fingerprint density at radius 3 is 3.07 bits per heavy atom. The van der Waals surface area contributed by atoms with Gasteiger partial charge in [0.05, 0.1) is 6.10 Å². The molecule has 2 unspecified atom stereocenters. The van der Waals surface area contributed by atoms with Crippen LogP contribution >= 0.6 is 0 Å². The maximum atomic E-state index is 11.5. The Morgan fingerprint density at radius 2 is 2.47 bits per heavy atom. The maximum absolute atomic E-state index is 11.5. The first-order valence-corrected chi connectivity index (χ1v) is 4.86. The molecule has 1 heterocycles. The van der Waals surface area contributed by atoms with Gasteiger partial charge in [0.1, 0.15) is 0 Å². The second kappa shape index (κ2) is 4.35. The van der Waals surface area contributed by atoms with E-state index in [2.05, 4.69) is 25.9 Å². The van der Waals surface area contributed by atoms with Gasteiger partial charge in [-0.05, 0) is 24.5 Å². The van der Waals surface area contributed by atoms with E-state index in [0.29, 0.717) is 0 Å². The quantitative estimate of drug-likeness (QED) is 0.702. The average molecular weight is 211 g/mol. The van der Waals surface area contributed by atoms with Gasteiger partial charge in [0.15, 0.2) is 0 Å². The number of amides is 1. The Kier molecular flexibility index (Phi) is 2.91. The predicted octanol–water partition coefficient (Wildman–Crippen LogP) is -0.503. The summed E-state index contributed by atoms with van der Waals surface area (Å²) in [4.78, 5) is 11.5. The number of nitrogens with one attached hydrogen (secondary N) is 2. The normalized spacial score (nSPS) is 25.4. The summed E-state index contributed by atoms with van der Waals surface area (Å²) in [5.41, 5.74) is 0. The van der Waals surface area contributed by atoms with Crippen molar-refractivity contribution in [2.45, 2.75) is 31.4 Å². The number of H-pyrrole nitrogens is 1. The monoisotopic (exact) mass is 211 g/mol. The van der Waals surface area contributed by atoms with Crippen LogP contribution in [0.2, 0.25) is 0 Å². The smallest absolute Gasteiger partial charge is 0.293 e. The molecule has 1 fully saturated rings. The fraction of sp³-hybridized carbons (Fsp3) is 0.750. The summed E-state index contributed by atoms with van der Waals surface area (Å²) in [6, 6.07) is 0.154. The van der Waals surface area contributed by atoms with Crippen molar-refractivity contribution < 1.29 is 9.53 Å². The van der Waals surface area contributed by atoms with Crippen LogP contribution in [0.5, 0.6) is 0 Å². The molecule has 2 atom stereocenters. The molecular weight excluding hydrogens is 198 g/mol. The molecule has 1 aliphatic carbocycles. The van der Waals surface area contributed by atoms with Crippen molar-refractivity contribution in [1.29, 1.82) is 0 Å². The molecular formula is C8H13N5O2. The van der Waals surface area contributed by atoms with Gasteiger partial charge in [0, 0.05) is 13.2 Å². The highest BCUT2D eigenvalue weighted by Gasteiger charge is 2.26. The molecule has 2 N–H and O–H groups in total. The van der Waals surface area contributed by atoms with E-state index in [1.807, 2.05) is 0 Å². The lowest BCUT2D eigenvalue weighted by Crippen LogP contribution is -2.34. The molecule has 1 amide bonds. The summed E-state index contributed by atoms with van der Waals surface area (Å²) >= 11 is 0. The van der Waals surface area contributed by atoms with Crippen LogP contribution < -0.4 is 5.32 Å². The van der Waals surface area contributed by atoms with Crippen LogP contribution in [-0.4, -0.2) is 45.8 Å². The molecule has 0 saturated heterocycles. The SMILES string of the molecule is COC1CCC(NC(=O)c2nn[nH]n2)C1. The van der Waals surface area contributed by atoms with Crippen LogP contribution in [0.25, 0.3) is 0 Å². The van der Waals surface area contributed by atoms with Crippen molar-refractivity contribution in [2.24, 2.45) is 0 Å². The molecule has 1 aromatic heterocycles. The number of aromatic amines is 1. The molecule has 7 nitrogen and oxygen atoms in total. The van der Waals surface area contributed by atoms with Gasteiger partial charge in [0.25, 0.3) is 11.7 Å². The zero-order valence-electron chi connectivity index (χ0n) is 8.43. The van der Waals surface area contributed by atoms with E-state index >= 15 is 0 Å². The third-order valence-electron chi connectivity index (χ3n) is 2.60. The van der Waals surface area contributed by atoms with Gasteiger partial charge < -0.3 is 10.1 Å². The highest BCUT2D eigenvalue weighted by Crippen LogP contribution is 2.21. The summed E-state index contributed by atoms with van der Waals surface area (Å²) in [5.74, 6) is -0.207. The van der Waals surface area contributed by atoms with Gasteiger partial charge in [-0.2, -0.15) is 5.21 Å². The molecule has 0 aromatic carbocycles. The lowest BCUT2D eigenvalue weighted by atomic mass is 10.2. The highest BCUT2D eigenvalue weighted by atomic mass is 16.5. The number of ether oxygens (including phenoxy) is 1. The third kappa shape index (κ3) is 2.30. The van der Waals surface area contributed by atoms with E-state index < -0.39 is 0 Å².